The average molecular weight is 457 g/mol. The number of hydrogen-bond acceptors (Lipinski definition) is 1. The molecule has 0 atom stereocenters. The first-order valence-corrected chi connectivity index (χ1v) is 14.1. The van der Waals surface area contributed by atoms with Crippen LogP contribution in [0.4, 0.5) is 0 Å². The molecule has 2 aromatic rings. The van der Waals surface area contributed by atoms with Crippen molar-refractivity contribution in [3.05, 3.63) is 98.5 Å². The van der Waals surface area contributed by atoms with Crippen molar-refractivity contribution in [2.24, 2.45) is 0 Å². The molecule has 1 nitrogen and oxygen atoms in total. The molecule has 0 aliphatic heterocycles. The SMILES string of the molecule is CCCCCC#CC/C=C\[CH][CH][CH][CH]CO[Si](c1ccccc1)(c1ccccc1)C(C)(C)C. The fraction of sp³-hybridized carbons (Fsp3) is 0.355. The van der Waals surface area contributed by atoms with Gasteiger partial charge in [-0.25, -0.2) is 0 Å². The van der Waals surface area contributed by atoms with E-state index in [1.807, 2.05) is 0 Å². The highest BCUT2D eigenvalue weighted by atomic mass is 28.4. The largest absolute Gasteiger partial charge is 0.407 e. The van der Waals surface area contributed by atoms with E-state index in [4.69, 9.17) is 4.43 Å². The Hall–Kier alpha value is -2.08. The van der Waals surface area contributed by atoms with E-state index in [1.54, 1.807) is 0 Å². The Bertz CT molecular complexity index is 813. The van der Waals surface area contributed by atoms with Crippen molar-refractivity contribution in [3.8, 4) is 11.8 Å². The topological polar surface area (TPSA) is 9.23 Å². The maximum absolute atomic E-state index is 6.85. The molecular weight excluding hydrogens is 416 g/mol. The van der Waals surface area contributed by atoms with Crippen molar-refractivity contribution in [1.29, 1.82) is 0 Å². The maximum atomic E-state index is 6.85. The summed E-state index contributed by atoms with van der Waals surface area (Å²) < 4.78 is 6.85. The van der Waals surface area contributed by atoms with Crippen LogP contribution in [0.25, 0.3) is 0 Å². The van der Waals surface area contributed by atoms with Crippen LogP contribution in [0.2, 0.25) is 5.04 Å². The highest BCUT2D eigenvalue weighted by Gasteiger charge is 2.49. The number of unbranched alkanes of at least 4 members (excludes halogenated alkanes) is 6. The smallest absolute Gasteiger partial charge is 0.261 e. The van der Waals surface area contributed by atoms with E-state index in [0.29, 0.717) is 6.61 Å². The van der Waals surface area contributed by atoms with Crippen LogP contribution >= 0.6 is 0 Å². The molecule has 4 radical (unpaired) electrons. The first-order valence-electron chi connectivity index (χ1n) is 12.2. The second-order valence-electron chi connectivity index (χ2n) is 9.23. The molecule has 0 fully saturated rings. The minimum absolute atomic E-state index is 0.000299. The summed E-state index contributed by atoms with van der Waals surface area (Å²) >= 11 is 0. The summed E-state index contributed by atoms with van der Waals surface area (Å²) in [6.07, 6.45) is 18.0. The van der Waals surface area contributed by atoms with Gasteiger partial charge < -0.3 is 4.43 Å². The van der Waals surface area contributed by atoms with Crippen molar-refractivity contribution in [3.63, 3.8) is 0 Å². The van der Waals surface area contributed by atoms with E-state index in [9.17, 15) is 0 Å². The predicted octanol–water partition coefficient (Wildman–Crippen LogP) is 6.91. The van der Waals surface area contributed by atoms with Crippen LogP contribution in [0.5, 0.6) is 0 Å². The fourth-order valence-corrected chi connectivity index (χ4v) is 8.53. The van der Waals surface area contributed by atoms with Crippen molar-refractivity contribution in [2.45, 2.75) is 64.8 Å². The molecule has 0 heterocycles. The fourth-order valence-electron chi connectivity index (χ4n) is 4.03. The normalized spacial score (nSPS) is 12.0. The Kier molecular flexibility index (Phi) is 12.3. The summed E-state index contributed by atoms with van der Waals surface area (Å²) in [5.41, 5.74) is 0. The molecule has 0 bridgehead atoms. The molecule has 0 saturated heterocycles. The zero-order valence-corrected chi connectivity index (χ0v) is 21.9. The van der Waals surface area contributed by atoms with Crippen LogP contribution in [0, 0.1) is 37.5 Å². The Morgan fingerprint density at radius 2 is 1.45 bits per heavy atom. The lowest BCUT2D eigenvalue weighted by Crippen LogP contribution is -2.66. The van der Waals surface area contributed by atoms with Crippen molar-refractivity contribution >= 4 is 18.7 Å². The van der Waals surface area contributed by atoms with Gasteiger partial charge in [-0.3, -0.25) is 0 Å². The standard InChI is InChI=1S/C31H40OSi/c1-5-6-7-8-9-10-11-12-13-14-15-16-23-28-32-33(31(2,3)4,29-24-19-17-20-25-29)30-26-21-18-22-27-30/h12-27H,5-8,11,28H2,1-4H3/b13-12-. The van der Waals surface area contributed by atoms with Crippen LogP contribution in [0.3, 0.4) is 0 Å². The third kappa shape index (κ3) is 8.65. The first kappa shape index (κ1) is 27.2. The molecule has 2 aromatic carbocycles. The third-order valence-electron chi connectivity index (χ3n) is 5.67. The number of allylic oxidation sites excluding steroid dienone is 2. The molecule has 174 valence electrons. The van der Waals surface area contributed by atoms with Gasteiger partial charge in [0.2, 0.25) is 0 Å². The highest BCUT2D eigenvalue weighted by Crippen LogP contribution is 2.36. The van der Waals surface area contributed by atoms with Crippen LogP contribution in [-0.2, 0) is 4.43 Å². The number of benzene rings is 2. The Labute approximate surface area is 204 Å². The first-order chi connectivity index (χ1) is 16.0. The quantitative estimate of drug-likeness (QED) is 0.181. The van der Waals surface area contributed by atoms with Gasteiger partial charge in [0.1, 0.15) is 0 Å². The van der Waals surface area contributed by atoms with Gasteiger partial charge in [0.15, 0.2) is 0 Å². The van der Waals surface area contributed by atoms with E-state index >= 15 is 0 Å². The van der Waals surface area contributed by atoms with Crippen LogP contribution in [-0.4, -0.2) is 14.9 Å². The Balaban J connectivity index is 1.87. The summed E-state index contributed by atoms with van der Waals surface area (Å²) in [5, 5.41) is 2.62. The highest BCUT2D eigenvalue weighted by molar-refractivity contribution is 6.99. The minimum atomic E-state index is -2.46. The second-order valence-corrected chi connectivity index (χ2v) is 13.5. The average Bonchev–Trinajstić information content (AvgIpc) is 2.82. The molecule has 0 N–H and O–H groups in total. The molecule has 0 aliphatic carbocycles. The van der Waals surface area contributed by atoms with Gasteiger partial charge in [-0.05, 0) is 47.5 Å². The van der Waals surface area contributed by atoms with Gasteiger partial charge in [0, 0.05) is 19.4 Å². The third-order valence-corrected chi connectivity index (χ3v) is 10.7. The lowest BCUT2D eigenvalue weighted by atomic mass is 10.2. The number of rotatable bonds is 13. The minimum Gasteiger partial charge on any atom is -0.407 e. The Morgan fingerprint density at radius 1 is 0.818 bits per heavy atom. The summed E-state index contributed by atoms with van der Waals surface area (Å²) in [7, 11) is -2.46. The van der Waals surface area contributed by atoms with Crippen molar-refractivity contribution in [1.82, 2.24) is 0 Å². The van der Waals surface area contributed by atoms with E-state index in [2.05, 4.69) is 138 Å². The van der Waals surface area contributed by atoms with Gasteiger partial charge in [-0.2, -0.15) is 0 Å². The molecule has 2 heteroatoms. The van der Waals surface area contributed by atoms with Gasteiger partial charge in [0.25, 0.3) is 8.32 Å². The van der Waals surface area contributed by atoms with Gasteiger partial charge in [-0.1, -0.05) is 119 Å². The van der Waals surface area contributed by atoms with Crippen molar-refractivity contribution in [2.75, 3.05) is 6.61 Å². The Morgan fingerprint density at radius 3 is 2.03 bits per heavy atom. The van der Waals surface area contributed by atoms with E-state index in [1.165, 1.54) is 29.6 Å². The monoisotopic (exact) mass is 456 g/mol. The predicted molar refractivity (Wildman–Crippen MR) is 146 cm³/mol. The summed E-state index contributed by atoms with van der Waals surface area (Å²) in [5.74, 6) is 6.45. The number of hydrogen-bond donors (Lipinski definition) is 0. The van der Waals surface area contributed by atoms with E-state index in [0.717, 1.165) is 12.8 Å². The van der Waals surface area contributed by atoms with Crippen LogP contribution < -0.4 is 10.4 Å². The van der Waals surface area contributed by atoms with Gasteiger partial charge in [0.05, 0.1) is 0 Å². The molecule has 0 saturated carbocycles. The van der Waals surface area contributed by atoms with E-state index in [-0.39, 0.29) is 5.04 Å². The second kappa shape index (κ2) is 14.9. The van der Waals surface area contributed by atoms with Crippen molar-refractivity contribution < 1.29 is 4.43 Å². The van der Waals surface area contributed by atoms with Gasteiger partial charge >= 0.3 is 0 Å². The molecule has 2 rings (SSSR count). The molecule has 0 aliphatic rings. The molecule has 0 aromatic heterocycles. The lowest BCUT2D eigenvalue weighted by Gasteiger charge is -2.43. The maximum Gasteiger partial charge on any atom is 0.261 e. The van der Waals surface area contributed by atoms with E-state index < -0.39 is 8.32 Å². The molecular formula is C31H40OSi. The zero-order valence-electron chi connectivity index (χ0n) is 20.9. The zero-order chi connectivity index (χ0) is 23.8. The summed E-state index contributed by atoms with van der Waals surface area (Å²) in [6.45, 7) is 9.73. The molecule has 0 spiro atoms. The summed E-state index contributed by atoms with van der Waals surface area (Å²) in [6, 6.07) is 21.5. The lowest BCUT2D eigenvalue weighted by molar-refractivity contribution is 0.329. The molecule has 33 heavy (non-hydrogen) atoms. The summed E-state index contributed by atoms with van der Waals surface area (Å²) in [4.78, 5) is 0. The van der Waals surface area contributed by atoms with Crippen LogP contribution in [0.15, 0.2) is 72.8 Å². The van der Waals surface area contributed by atoms with Gasteiger partial charge in [-0.15, -0.1) is 5.92 Å². The van der Waals surface area contributed by atoms with Crippen LogP contribution in [0.1, 0.15) is 59.8 Å². The molecule has 0 unspecified atom stereocenters. The molecule has 0 amide bonds.